The van der Waals surface area contributed by atoms with Crippen LogP contribution in [0.15, 0.2) is 42.0 Å². The number of urea groups is 1. The van der Waals surface area contributed by atoms with Crippen LogP contribution in [0.5, 0.6) is 17.2 Å². The number of phenols is 1. The first kappa shape index (κ1) is 22.6. The number of benzene rings is 2. The number of hydrogen-bond donors (Lipinski definition) is 2. The van der Waals surface area contributed by atoms with Crippen molar-refractivity contribution in [2.75, 3.05) is 11.5 Å². The summed E-state index contributed by atoms with van der Waals surface area (Å²) in [5.74, 6) is -0.498. The summed E-state index contributed by atoms with van der Waals surface area (Å²) in [5, 5.41) is 11.6. The van der Waals surface area contributed by atoms with Crippen molar-refractivity contribution in [1.82, 2.24) is 5.32 Å². The number of nitrogens with zero attached hydrogens (tertiary/aromatic N) is 1. The van der Waals surface area contributed by atoms with Crippen LogP contribution in [-0.4, -0.2) is 35.7 Å². The molecular weight excluding hydrogens is 515 g/mol. The Morgan fingerprint density at radius 1 is 1.16 bits per heavy atom. The number of hydrogen-bond acceptors (Lipinski definition) is 6. The Morgan fingerprint density at radius 2 is 1.84 bits per heavy atom. The summed E-state index contributed by atoms with van der Waals surface area (Å²) in [6, 6.07) is 8.10. The highest BCUT2D eigenvalue weighted by atomic mass is 127. The summed E-state index contributed by atoms with van der Waals surface area (Å²) >= 11 is 2.10. The van der Waals surface area contributed by atoms with Crippen LogP contribution in [0.1, 0.15) is 26.3 Å². The smallest absolute Gasteiger partial charge is 0.335 e. The maximum Gasteiger partial charge on any atom is 0.335 e. The van der Waals surface area contributed by atoms with Crippen molar-refractivity contribution in [3.05, 3.63) is 51.1 Å². The molecule has 2 N–H and O–H groups in total. The summed E-state index contributed by atoms with van der Waals surface area (Å²) in [7, 11) is 0. The van der Waals surface area contributed by atoms with Gasteiger partial charge < -0.3 is 14.6 Å². The Morgan fingerprint density at radius 3 is 2.45 bits per heavy atom. The van der Waals surface area contributed by atoms with E-state index in [2.05, 4.69) is 27.9 Å². The van der Waals surface area contributed by atoms with Crippen molar-refractivity contribution in [2.45, 2.75) is 26.9 Å². The summed E-state index contributed by atoms with van der Waals surface area (Å²) < 4.78 is 12.3. The number of carbonyl (C=O) groups excluding carboxylic acids is 3. The average Bonchev–Trinajstić information content (AvgIpc) is 2.69. The molecule has 1 fully saturated rings. The van der Waals surface area contributed by atoms with Crippen molar-refractivity contribution in [1.29, 1.82) is 0 Å². The first-order valence-electron chi connectivity index (χ1n) is 9.54. The molecule has 1 heterocycles. The van der Waals surface area contributed by atoms with E-state index < -0.39 is 17.8 Å². The number of rotatable bonds is 6. The van der Waals surface area contributed by atoms with Crippen molar-refractivity contribution < 1.29 is 29.0 Å². The maximum atomic E-state index is 13.0. The number of anilines is 1. The number of halogens is 1. The molecule has 0 spiro atoms. The van der Waals surface area contributed by atoms with Crippen LogP contribution < -0.4 is 19.7 Å². The van der Waals surface area contributed by atoms with E-state index in [0.717, 1.165) is 8.47 Å². The van der Waals surface area contributed by atoms with Crippen LogP contribution in [0.3, 0.4) is 0 Å². The molecule has 4 amide bonds. The van der Waals surface area contributed by atoms with Crippen molar-refractivity contribution in [2.24, 2.45) is 0 Å². The zero-order valence-electron chi connectivity index (χ0n) is 17.1. The standard InChI is InChI=1S/C22H21IN2O6/c1-4-30-18-11-13(10-17(23)19(18)31-12(2)3)9-16-20(27)24-22(29)25(21(16)28)14-5-7-15(26)8-6-14/h5-12,26H,4H2,1-3H3,(H,24,27,29)/b16-9+. The number of phenolic OH excluding ortho intramolecular Hbond substituents is 1. The molecule has 0 radical (unpaired) electrons. The lowest BCUT2D eigenvalue weighted by Gasteiger charge is -2.26. The van der Waals surface area contributed by atoms with Gasteiger partial charge in [-0.05, 0) is 91.4 Å². The van der Waals surface area contributed by atoms with Crippen LogP contribution in [0, 0.1) is 3.57 Å². The van der Waals surface area contributed by atoms with E-state index in [1.807, 2.05) is 20.8 Å². The van der Waals surface area contributed by atoms with Gasteiger partial charge in [-0.25, -0.2) is 9.69 Å². The molecule has 0 saturated carbocycles. The lowest BCUT2D eigenvalue weighted by molar-refractivity contribution is -0.122. The predicted octanol–water partition coefficient (Wildman–Crippen LogP) is 3.85. The lowest BCUT2D eigenvalue weighted by atomic mass is 10.1. The third-order valence-electron chi connectivity index (χ3n) is 4.21. The highest BCUT2D eigenvalue weighted by Crippen LogP contribution is 2.36. The minimum absolute atomic E-state index is 0.0119. The van der Waals surface area contributed by atoms with Crippen LogP contribution in [0.2, 0.25) is 0 Å². The second kappa shape index (κ2) is 9.38. The van der Waals surface area contributed by atoms with Gasteiger partial charge in [-0.3, -0.25) is 14.9 Å². The fourth-order valence-corrected chi connectivity index (χ4v) is 3.70. The van der Waals surface area contributed by atoms with Gasteiger partial charge in [-0.1, -0.05) is 0 Å². The van der Waals surface area contributed by atoms with E-state index in [4.69, 9.17) is 9.47 Å². The van der Waals surface area contributed by atoms with Gasteiger partial charge in [-0.15, -0.1) is 0 Å². The van der Waals surface area contributed by atoms with Gasteiger partial charge in [0.15, 0.2) is 11.5 Å². The van der Waals surface area contributed by atoms with Crippen molar-refractivity contribution in [3.63, 3.8) is 0 Å². The molecule has 1 aliphatic heterocycles. The molecule has 2 aromatic rings. The molecule has 8 nitrogen and oxygen atoms in total. The third kappa shape index (κ3) is 4.98. The molecule has 162 valence electrons. The molecule has 2 aromatic carbocycles. The molecule has 0 aromatic heterocycles. The normalized spacial score (nSPS) is 15.5. The third-order valence-corrected chi connectivity index (χ3v) is 5.01. The van der Waals surface area contributed by atoms with Crippen LogP contribution in [-0.2, 0) is 9.59 Å². The second-order valence-corrected chi connectivity index (χ2v) is 8.07. The Hall–Kier alpha value is -3.08. The summed E-state index contributed by atoms with van der Waals surface area (Å²) in [5.41, 5.74) is 0.565. The summed E-state index contributed by atoms with van der Waals surface area (Å²) in [6.45, 7) is 6.06. The molecule has 0 bridgehead atoms. The first-order chi connectivity index (χ1) is 14.7. The average molecular weight is 536 g/mol. The maximum absolute atomic E-state index is 13.0. The quantitative estimate of drug-likeness (QED) is 0.330. The number of imide groups is 2. The molecule has 0 unspecified atom stereocenters. The molecular formula is C22H21IN2O6. The van der Waals surface area contributed by atoms with Crippen LogP contribution in [0.4, 0.5) is 10.5 Å². The van der Waals surface area contributed by atoms with E-state index in [-0.39, 0.29) is 23.1 Å². The molecule has 0 atom stereocenters. The number of aromatic hydroxyl groups is 1. The molecule has 3 rings (SSSR count). The second-order valence-electron chi connectivity index (χ2n) is 6.90. The van der Waals surface area contributed by atoms with Gasteiger partial charge in [0.25, 0.3) is 11.8 Å². The van der Waals surface area contributed by atoms with E-state index in [9.17, 15) is 19.5 Å². The van der Waals surface area contributed by atoms with Crippen molar-refractivity contribution >= 4 is 52.2 Å². The number of barbiturate groups is 1. The van der Waals surface area contributed by atoms with Gasteiger partial charge in [0.2, 0.25) is 0 Å². The lowest BCUT2D eigenvalue weighted by Crippen LogP contribution is -2.54. The van der Waals surface area contributed by atoms with Gasteiger partial charge in [0, 0.05) is 0 Å². The molecule has 1 saturated heterocycles. The Bertz CT molecular complexity index is 1060. The summed E-state index contributed by atoms with van der Waals surface area (Å²) in [6.07, 6.45) is 1.34. The number of nitrogens with one attached hydrogen (secondary N) is 1. The number of amides is 4. The zero-order valence-corrected chi connectivity index (χ0v) is 19.3. The van der Waals surface area contributed by atoms with Crippen LogP contribution >= 0.6 is 22.6 Å². The van der Waals surface area contributed by atoms with Gasteiger partial charge >= 0.3 is 6.03 Å². The highest BCUT2D eigenvalue weighted by Gasteiger charge is 2.36. The van der Waals surface area contributed by atoms with E-state index in [1.165, 1.54) is 30.3 Å². The largest absolute Gasteiger partial charge is 0.508 e. The fourth-order valence-electron chi connectivity index (χ4n) is 2.94. The number of ether oxygens (including phenoxy) is 2. The molecule has 31 heavy (non-hydrogen) atoms. The molecule has 9 heteroatoms. The Kier molecular flexibility index (Phi) is 6.84. The zero-order chi connectivity index (χ0) is 22.7. The number of carbonyl (C=O) groups is 3. The monoisotopic (exact) mass is 536 g/mol. The SMILES string of the molecule is CCOc1cc(/C=C2\C(=O)NC(=O)N(c3ccc(O)cc3)C2=O)cc(I)c1OC(C)C. The fraction of sp³-hybridized carbons (Fsp3) is 0.227. The Labute approximate surface area is 193 Å². The molecule has 0 aliphatic carbocycles. The highest BCUT2D eigenvalue weighted by molar-refractivity contribution is 14.1. The van der Waals surface area contributed by atoms with Gasteiger partial charge in [0.1, 0.15) is 11.3 Å². The van der Waals surface area contributed by atoms with E-state index in [0.29, 0.717) is 23.7 Å². The van der Waals surface area contributed by atoms with Gasteiger partial charge in [0.05, 0.1) is 22.0 Å². The predicted molar refractivity (Wildman–Crippen MR) is 123 cm³/mol. The van der Waals surface area contributed by atoms with Gasteiger partial charge in [-0.2, -0.15) is 0 Å². The Balaban J connectivity index is 2.02. The summed E-state index contributed by atoms with van der Waals surface area (Å²) in [4.78, 5) is 38.5. The first-order valence-corrected chi connectivity index (χ1v) is 10.6. The minimum atomic E-state index is -0.858. The van der Waals surface area contributed by atoms with E-state index in [1.54, 1.807) is 12.1 Å². The van der Waals surface area contributed by atoms with E-state index >= 15 is 0 Å². The van der Waals surface area contributed by atoms with Crippen molar-refractivity contribution in [3.8, 4) is 17.2 Å². The minimum Gasteiger partial charge on any atom is -0.508 e. The van der Waals surface area contributed by atoms with Crippen LogP contribution in [0.25, 0.3) is 6.08 Å². The topological polar surface area (TPSA) is 105 Å². The molecule has 1 aliphatic rings.